The number of methoxy groups -OCH3 is 1. The van der Waals surface area contributed by atoms with Crippen LogP contribution in [0.4, 0.5) is 0 Å². The molecule has 0 saturated carbocycles. The summed E-state index contributed by atoms with van der Waals surface area (Å²) in [5.74, 6) is 6.44. The molecule has 0 amide bonds. The first kappa shape index (κ1) is 22.6. The normalized spacial score (nSPS) is 16.0. The highest BCUT2D eigenvalue weighted by molar-refractivity contribution is 6.30. The second kappa shape index (κ2) is 11.3. The molecule has 1 aliphatic rings. The number of hydrogen-bond donors (Lipinski definition) is 0. The van der Waals surface area contributed by atoms with Crippen molar-refractivity contribution in [2.45, 2.75) is 38.3 Å². The third-order valence-electron chi connectivity index (χ3n) is 5.96. The van der Waals surface area contributed by atoms with Gasteiger partial charge >= 0.3 is 0 Å². The lowest BCUT2D eigenvalue weighted by Crippen LogP contribution is -2.32. The quantitative estimate of drug-likeness (QED) is 0.418. The summed E-state index contributed by atoms with van der Waals surface area (Å²) < 4.78 is 5.37. The minimum atomic E-state index is 0.559. The third-order valence-corrected chi connectivity index (χ3v) is 6.21. The van der Waals surface area contributed by atoms with Gasteiger partial charge in [0.2, 0.25) is 0 Å². The van der Waals surface area contributed by atoms with E-state index < -0.39 is 0 Å². The van der Waals surface area contributed by atoms with Crippen LogP contribution in [0.1, 0.15) is 36.1 Å². The molecule has 1 atom stereocenters. The van der Waals surface area contributed by atoms with E-state index in [-0.39, 0.29) is 0 Å². The Balaban J connectivity index is 1.26. The molecule has 32 heavy (non-hydrogen) atoms. The van der Waals surface area contributed by atoms with E-state index in [9.17, 15) is 0 Å². The van der Waals surface area contributed by atoms with Gasteiger partial charge in [-0.05, 0) is 66.6 Å². The average molecular weight is 445 g/mol. The third kappa shape index (κ3) is 6.20. The summed E-state index contributed by atoms with van der Waals surface area (Å²) in [6, 6.07) is 21.3. The maximum Gasteiger partial charge on any atom is 0.113 e. The van der Waals surface area contributed by atoms with Crippen molar-refractivity contribution in [2.24, 2.45) is 0 Å². The number of benzene rings is 2. The zero-order valence-corrected chi connectivity index (χ0v) is 19.3. The molecule has 4 heteroatoms. The van der Waals surface area contributed by atoms with Crippen molar-refractivity contribution in [3.63, 3.8) is 0 Å². The van der Waals surface area contributed by atoms with Crippen LogP contribution in [0.5, 0.6) is 0 Å². The second-order valence-electron chi connectivity index (χ2n) is 8.28. The van der Waals surface area contributed by atoms with Gasteiger partial charge in [0.15, 0.2) is 0 Å². The Morgan fingerprint density at radius 3 is 2.47 bits per heavy atom. The first-order chi connectivity index (χ1) is 15.7. The number of likely N-dealkylation sites (tertiary alicyclic amines) is 1. The van der Waals surface area contributed by atoms with Gasteiger partial charge in [0.25, 0.3) is 0 Å². The molecule has 3 aromatic rings. The first-order valence-electron chi connectivity index (χ1n) is 11.2. The molecule has 1 saturated heterocycles. The summed E-state index contributed by atoms with van der Waals surface area (Å²) in [6.07, 6.45) is 6.14. The fourth-order valence-electron chi connectivity index (χ4n) is 4.17. The molecule has 0 unspecified atom stereocenters. The Hall–Kier alpha value is -2.64. The molecule has 0 radical (unpaired) electrons. The van der Waals surface area contributed by atoms with Gasteiger partial charge in [-0.3, -0.25) is 4.90 Å². The van der Waals surface area contributed by atoms with Gasteiger partial charge in [-0.15, -0.1) is 0 Å². The van der Waals surface area contributed by atoms with E-state index in [0.717, 1.165) is 47.8 Å². The van der Waals surface area contributed by atoms with E-state index in [1.165, 1.54) is 30.5 Å². The maximum absolute atomic E-state index is 5.96. The SMILES string of the molecule is COC[C@@H]1CCCN1Cc1ccc(CCC#Cc2ccc(-c3ccc(Cl)cc3)cn2)cc1. The highest BCUT2D eigenvalue weighted by atomic mass is 35.5. The van der Waals surface area contributed by atoms with E-state index in [2.05, 4.69) is 52.1 Å². The van der Waals surface area contributed by atoms with Crippen molar-refractivity contribution in [3.05, 3.63) is 88.7 Å². The zero-order chi connectivity index (χ0) is 22.2. The number of ether oxygens (including phenoxy) is 1. The highest BCUT2D eigenvalue weighted by Crippen LogP contribution is 2.22. The van der Waals surface area contributed by atoms with E-state index in [1.807, 2.05) is 36.5 Å². The van der Waals surface area contributed by atoms with Crippen molar-refractivity contribution in [3.8, 4) is 23.0 Å². The van der Waals surface area contributed by atoms with Crippen LogP contribution in [0.2, 0.25) is 5.02 Å². The minimum Gasteiger partial charge on any atom is -0.383 e. The van der Waals surface area contributed by atoms with Crippen molar-refractivity contribution in [1.29, 1.82) is 0 Å². The van der Waals surface area contributed by atoms with E-state index >= 15 is 0 Å². The Labute approximate surface area is 196 Å². The fraction of sp³-hybridized carbons (Fsp3) is 0.321. The minimum absolute atomic E-state index is 0.559. The number of halogens is 1. The monoisotopic (exact) mass is 444 g/mol. The molecule has 0 spiro atoms. The van der Waals surface area contributed by atoms with Crippen molar-refractivity contribution in [2.75, 3.05) is 20.3 Å². The molecule has 4 rings (SSSR count). The van der Waals surface area contributed by atoms with Crippen LogP contribution < -0.4 is 0 Å². The largest absolute Gasteiger partial charge is 0.383 e. The van der Waals surface area contributed by atoms with Gasteiger partial charge in [0, 0.05) is 42.9 Å². The van der Waals surface area contributed by atoms with Crippen LogP contribution in [-0.4, -0.2) is 36.2 Å². The Kier molecular flexibility index (Phi) is 7.96. The van der Waals surface area contributed by atoms with Gasteiger partial charge < -0.3 is 4.74 Å². The van der Waals surface area contributed by atoms with Crippen LogP contribution in [0.25, 0.3) is 11.1 Å². The van der Waals surface area contributed by atoms with Crippen LogP contribution >= 0.6 is 11.6 Å². The average Bonchev–Trinajstić information content (AvgIpc) is 3.26. The first-order valence-corrected chi connectivity index (χ1v) is 11.6. The van der Waals surface area contributed by atoms with Crippen LogP contribution in [0, 0.1) is 11.8 Å². The van der Waals surface area contributed by atoms with Gasteiger partial charge in [0.05, 0.1) is 6.61 Å². The number of rotatable bonds is 7. The lowest BCUT2D eigenvalue weighted by Gasteiger charge is -2.23. The molecule has 2 aromatic carbocycles. The Morgan fingerprint density at radius 1 is 1.00 bits per heavy atom. The maximum atomic E-state index is 5.96. The lowest BCUT2D eigenvalue weighted by atomic mass is 10.1. The van der Waals surface area contributed by atoms with Crippen LogP contribution in [0.3, 0.4) is 0 Å². The molecule has 1 aliphatic heterocycles. The number of aromatic nitrogens is 1. The van der Waals surface area contributed by atoms with E-state index in [0.29, 0.717) is 6.04 Å². The van der Waals surface area contributed by atoms with Crippen molar-refractivity contribution >= 4 is 11.6 Å². The molecule has 1 fully saturated rings. The summed E-state index contributed by atoms with van der Waals surface area (Å²) in [4.78, 5) is 7.02. The van der Waals surface area contributed by atoms with Crippen molar-refractivity contribution in [1.82, 2.24) is 9.88 Å². The molecular formula is C28H29ClN2O. The fourth-order valence-corrected chi connectivity index (χ4v) is 4.30. The predicted octanol–water partition coefficient (Wildman–Crippen LogP) is 6.00. The summed E-state index contributed by atoms with van der Waals surface area (Å²) in [7, 11) is 1.79. The molecular weight excluding hydrogens is 416 g/mol. The Bertz CT molecular complexity index is 1050. The Morgan fingerprint density at radius 2 is 1.75 bits per heavy atom. The van der Waals surface area contributed by atoms with Gasteiger partial charge in [-0.1, -0.05) is 60.0 Å². The number of nitrogens with zero attached hydrogens (tertiary/aromatic N) is 2. The summed E-state index contributed by atoms with van der Waals surface area (Å²) in [5.41, 5.74) is 5.66. The summed E-state index contributed by atoms with van der Waals surface area (Å²) >= 11 is 5.96. The molecule has 3 nitrogen and oxygen atoms in total. The van der Waals surface area contributed by atoms with Gasteiger partial charge in [-0.25, -0.2) is 4.98 Å². The highest BCUT2D eigenvalue weighted by Gasteiger charge is 2.24. The lowest BCUT2D eigenvalue weighted by molar-refractivity contribution is 0.112. The number of hydrogen-bond acceptors (Lipinski definition) is 3. The van der Waals surface area contributed by atoms with Crippen LogP contribution in [0.15, 0.2) is 66.9 Å². The predicted molar refractivity (Wildman–Crippen MR) is 132 cm³/mol. The molecule has 2 heterocycles. The van der Waals surface area contributed by atoms with Crippen molar-refractivity contribution < 1.29 is 4.74 Å². The summed E-state index contributed by atoms with van der Waals surface area (Å²) in [5, 5.41) is 0.737. The van der Waals surface area contributed by atoms with E-state index in [4.69, 9.17) is 16.3 Å². The summed E-state index contributed by atoms with van der Waals surface area (Å²) in [6.45, 7) is 3.00. The zero-order valence-electron chi connectivity index (χ0n) is 18.6. The molecule has 164 valence electrons. The standard InChI is InChI=1S/C28H29ClN2O/c1-32-21-28-7-4-18-31(28)20-23-10-8-22(9-11-23)5-2-3-6-27-17-14-25(19-30-27)24-12-15-26(29)16-13-24/h8-17,19,28H,2,4-5,7,18,20-21H2,1H3/t28-/m0/s1. The van der Waals surface area contributed by atoms with E-state index in [1.54, 1.807) is 7.11 Å². The van der Waals surface area contributed by atoms with Gasteiger partial charge in [0.1, 0.15) is 5.69 Å². The molecule has 0 aliphatic carbocycles. The van der Waals surface area contributed by atoms with Crippen LogP contribution in [-0.2, 0) is 17.7 Å². The smallest absolute Gasteiger partial charge is 0.113 e. The molecule has 1 aromatic heterocycles. The van der Waals surface area contributed by atoms with Gasteiger partial charge in [-0.2, -0.15) is 0 Å². The molecule has 0 bridgehead atoms. The topological polar surface area (TPSA) is 25.4 Å². The number of pyridine rings is 1. The molecule has 0 N–H and O–H groups in total. The second-order valence-corrected chi connectivity index (χ2v) is 8.72. The number of aryl methyl sites for hydroxylation is 1.